The van der Waals surface area contributed by atoms with Gasteiger partial charge >= 0.3 is 0 Å². The van der Waals surface area contributed by atoms with Gasteiger partial charge in [0.25, 0.3) is 0 Å². The average Bonchev–Trinajstić information content (AvgIpc) is 2.99. The molecule has 1 aliphatic carbocycles. The minimum atomic E-state index is -0.0238. The number of aliphatic hydroxyl groups excluding tert-OH is 1. The van der Waals surface area contributed by atoms with Crippen molar-refractivity contribution in [3.8, 4) is 0 Å². The molecule has 1 N–H and O–H groups in total. The minimum absolute atomic E-state index is 0.0238. The van der Waals surface area contributed by atoms with E-state index in [-0.39, 0.29) is 12.5 Å². The first-order valence-electron chi connectivity index (χ1n) is 7.23. The quantitative estimate of drug-likeness (QED) is 0.742. The molecule has 0 aromatic carbocycles. The standard InChI is InChI=1S/C16H23NO3/c1-3-8-17(9-10-18)16(19)7-5-13-4-6-15(20-13)14-11-12(14)2/h3-4,6,12,14,18H,1,5,7-11H2,2H3. The molecule has 2 rings (SSSR count). The van der Waals surface area contributed by atoms with Gasteiger partial charge in [-0.3, -0.25) is 4.79 Å². The summed E-state index contributed by atoms with van der Waals surface area (Å²) in [5, 5.41) is 8.95. The number of aliphatic hydroxyl groups is 1. The molecular formula is C16H23NO3. The van der Waals surface area contributed by atoms with Crippen LogP contribution in [-0.2, 0) is 11.2 Å². The fourth-order valence-electron chi connectivity index (χ4n) is 2.43. The maximum Gasteiger partial charge on any atom is 0.223 e. The molecule has 1 amide bonds. The Labute approximate surface area is 120 Å². The van der Waals surface area contributed by atoms with E-state index < -0.39 is 0 Å². The first-order valence-corrected chi connectivity index (χ1v) is 7.23. The van der Waals surface area contributed by atoms with E-state index in [4.69, 9.17) is 9.52 Å². The van der Waals surface area contributed by atoms with Crippen LogP contribution < -0.4 is 0 Å². The molecule has 0 spiro atoms. The van der Waals surface area contributed by atoms with Crippen molar-refractivity contribution in [2.24, 2.45) is 5.92 Å². The lowest BCUT2D eigenvalue weighted by Gasteiger charge is -2.19. The number of amides is 1. The molecule has 110 valence electrons. The Morgan fingerprint density at radius 1 is 1.60 bits per heavy atom. The molecule has 4 nitrogen and oxygen atoms in total. The summed E-state index contributed by atoms with van der Waals surface area (Å²) in [7, 11) is 0. The molecule has 0 radical (unpaired) electrons. The molecule has 0 saturated heterocycles. The minimum Gasteiger partial charge on any atom is -0.466 e. The van der Waals surface area contributed by atoms with Gasteiger partial charge in [-0.25, -0.2) is 0 Å². The fourth-order valence-corrected chi connectivity index (χ4v) is 2.43. The number of furan rings is 1. The summed E-state index contributed by atoms with van der Waals surface area (Å²) in [4.78, 5) is 13.6. The highest BCUT2D eigenvalue weighted by Gasteiger charge is 2.36. The summed E-state index contributed by atoms with van der Waals surface area (Å²) in [6.45, 7) is 6.65. The van der Waals surface area contributed by atoms with E-state index in [1.807, 2.05) is 12.1 Å². The Morgan fingerprint density at radius 2 is 2.35 bits per heavy atom. The summed E-state index contributed by atoms with van der Waals surface area (Å²) in [6, 6.07) is 4.00. The maximum atomic E-state index is 12.0. The van der Waals surface area contributed by atoms with Crippen molar-refractivity contribution in [1.82, 2.24) is 4.90 Å². The predicted octanol–water partition coefficient (Wildman–Crippen LogP) is 2.34. The first-order chi connectivity index (χ1) is 9.65. The highest BCUT2D eigenvalue weighted by molar-refractivity contribution is 5.76. The zero-order valence-corrected chi connectivity index (χ0v) is 12.0. The zero-order chi connectivity index (χ0) is 14.5. The number of nitrogens with zero attached hydrogens (tertiary/aromatic N) is 1. The predicted molar refractivity (Wildman–Crippen MR) is 77.4 cm³/mol. The number of hydrogen-bond acceptors (Lipinski definition) is 3. The first kappa shape index (κ1) is 14.9. The lowest BCUT2D eigenvalue weighted by atomic mass is 10.2. The van der Waals surface area contributed by atoms with Gasteiger partial charge in [0.2, 0.25) is 5.91 Å². The van der Waals surface area contributed by atoms with Gasteiger partial charge in [0, 0.05) is 31.8 Å². The van der Waals surface area contributed by atoms with E-state index in [0.717, 1.165) is 17.4 Å². The van der Waals surface area contributed by atoms with Gasteiger partial charge in [0.15, 0.2) is 0 Å². The Hall–Kier alpha value is -1.55. The normalized spacial score (nSPS) is 20.7. The highest BCUT2D eigenvalue weighted by Crippen LogP contribution is 2.47. The van der Waals surface area contributed by atoms with Gasteiger partial charge in [0.05, 0.1) is 6.61 Å². The number of carbonyl (C=O) groups is 1. The monoisotopic (exact) mass is 277 g/mol. The molecule has 4 heteroatoms. The van der Waals surface area contributed by atoms with Crippen molar-refractivity contribution < 1.29 is 14.3 Å². The second kappa shape index (κ2) is 6.75. The van der Waals surface area contributed by atoms with Crippen LogP contribution in [0.2, 0.25) is 0 Å². The second-order valence-corrected chi connectivity index (χ2v) is 5.48. The van der Waals surface area contributed by atoms with Crippen LogP contribution in [0.5, 0.6) is 0 Å². The van der Waals surface area contributed by atoms with Crippen LogP contribution in [0.3, 0.4) is 0 Å². The number of hydrogen-bond donors (Lipinski definition) is 1. The molecule has 1 heterocycles. The molecule has 1 aliphatic rings. The van der Waals surface area contributed by atoms with Crippen molar-refractivity contribution in [3.05, 3.63) is 36.3 Å². The largest absolute Gasteiger partial charge is 0.466 e. The van der Waals surface area contributed by atoms with Crippen LogP contribution >= 0.6 is 0 Å². The van der Waals surface area contributed by atoms with Gasteiger partial charge in [-0.1, -0.05) is 13.0 Å². The molecular weight excluding hydrogens is 254 g/mol. The van der Waals surface area contributed by atoms with Crippen LogP contribution in [0.1, 0.15) is 37.2 Å². The molecule has 1 fully saturated rings. The number of carbonyl (C=O) groups excluding carboxylic acids is 1. The van der Waals surface area contributed by atoms with E-state index in [9.17, 15) is 4.79 Å². The smallest absolute Gasteiger partial charge is 0.223 e. The third-order valence-corrected chi connectivity index (χ3v) is 3.81. The van der Waals surface area contributed by atoms with Crippen LogP contribution in [0.4, 0.5) is 0 Å². The highest BCUT2D eigenvalue weighted by atomic mass is 16.3. The van der Waals surface area contributed by atoms with Crippen molar-refractivity contribution in [3.63, 3.8) is 0 Å². The molecule has 1 saturated carbocycles. The molecule has 2 unspecified atom stereocenters. The van der Waals surface area contributed by atoms with E-state index in [1.54, 1.807) is 11.0 Å². The molecule has 1 aromatic rings. The second-order valence-electron chi connectivity index (χ2n) is 5.48. The lowest BCUT2D eigenvalue weighted by Crippen LogP contribution is -2.33. The molecule has 0 aliphatic heterocycles. The van der Waals surface area contributed by atoms with Gasteiger partial charge in [-0.05, 0) is 24.5 Å². The Morgan fingerprint density at radius 3 is 2.95 bits per heavy atom. The number of rotatable bonds is 8. The van der Waals surface area contributed by atoms with Gasteiger partial charge in [-0.15, -0.1) is 6.58 Å². The summed E-state index contributed by atoms with van der Waals surface area (Å²) < 4.78 is 5.79. The van der Waals surface area contributed by atoms with Gasteiger partial charge in [0.1, 0.15) is 11.5 Å². The van der Waals surface area contributed by atoms with E-state index in [1.165, 1.54) is 6.42 Å². The van der Waals surface area contributed by atoms with Gasteiger partial charge in [-0.2, -0.15) is 0 Å². The van der Waals surface area contributed by atoms with Crippen LogP contribution in [-0.4, -0.2) is 35.6 Å². The molecule has 2 atom stereocenters. The van der Waals surface area contributed by atoms with Crippen LogP contribution in [0.15, 0.2) is 29.2 Å². The zero-order valence-electron chi connectivity index (χ0n) is 12.0. The van der Waals surface area contributed by atoms with E-state index in [0.29, 0.717) is 31.8 Å². The lowest BCUT2D eigenvalue weighted by molar-refractivity contribution is -0.131. The van der Waals surface area contributed by atoms with E-state index >= 15 is 0 Å². The average molecular weight is 277 g/mol. The van der Waals surface area contributed by atoms with Crippen LogP contribution in [0, 0.1) is 5.92 Å². The summed E-state index contributed by atoms with van der Waals surface area (Å²) in [5.74, 6) is 3.25. The third kappa shape index (κ3) is 3.73. The molecule has 20 heavy (non-hydrogen) atoms. The van der Waals surface area contributed by atoms with Crippen LogP contribution in [0.25, 0.3) is 0 Å². The summed E-state index contributed by atoms with van der Waals surface area (Å²) in [6.07, 6.45) is 3.89. The maximum absolute atomic E-state index is 12.0. The Kier molecular flexibility index (Phi) is 5.01. The Bertz CT molecular complexity index is 466. The summed E-state index contributed by atoms with van der Waals surface area (Å²) in [5.41, 5.74) is 0. The SMILES string of the molecule is C=CCN(CCO)C(=O)CCc1ccc(C2CC2C)o1. The van der Waals surface area contributed by atoms with E-state index in [2.05, 4.69) is 13.5 Å². The fraction of sp³-hybridized carbons (Fsp3) is 0.562. The van der Waals surface area contributed by atoms with Crippen molar-refractivity contribution in [1.29, 1.82) is 0 Å². The number of aryl methyl sites for hydroxylation is 1. The summed E-state index contributed by atoms with van der Waals surface area (Å²) >= 11 is 0. The van der Waals surface area contributed by atoms with Gasteiger partial charge < -0.3 is 14.4 Å². The Balaban J connectivity index is 1.82. The van der Waals surface area contributed by atoms with Crippen molar-refractivity contribution in [2.75, 3.05) is 19.7 Å². The topological polar surface area (TPSA) is 53.7 Å². The molecule has 1 aromatic heterocycles. The van der Waals surface area contributed by atoms with Crippen molar-refractivity contribution >= 4 is 5.91 Å². The van der Waals surface area contributed by atoms with Crippen molar-refractivity contribution in [2.45, 2.75) is 32.1 Å². The molecule has 0 bridgehead atoms. The third-order valence-electron chi connectivity index (χ3n) is 3.81.